The van der Waals surface area contributed by atoms with Crippen molar-refractivity contribution in [1.82, 2.24) is 9.91 Å². The van der Waals surface area contributed by atoms with Crippen LogP contribution in [0.1, 0.15) is 22.3 Å². The van der Waals surface area contributed by atoms with Gasteiger partial charge in [-0.05, 0) is 54.8 Å². The van der Waals surface area contributed by atoms with E-state index in [0.29, 0.717) is 0 Å². The molecule has 4 heteroatoms. The number of hydrogen-bond donors (Lipinski definition) is 0. The Morgan fingerprint density at radius 2 is 1.60 bits per heavy atom. The minimum absolute atomic E-state index is 0.823. The van der Waals surface area contributed by atoms with Gasteiger partial charge in [0.05, 0.1) is 6.21 Å². The average Bonchev–Trinajstić information content (AvgIpc) is 2.76. The summed E-state index contributed by atoms with van der Waals surface area (Å²) in [6.45, 7) is 9.32. The molecule has 1 saturated heterocycles. The van der Waals surface area contributed by atoms with Crippen LogP contribution in [0, 0.1) is 13.8 Å². The highest BCUT2D eigenvalue weighted by atomic mass is 16.5. The van der Waals surface area contributed by atoms with E-state index in [2.05, 4.69) is 48.0 Å². The fourth-order valence-electron chi connectivity index (χ4n) is 3.71. The minimum atomic E-state index is 0.823. The first-order valence-corrected chi connectivity index (χ1v) is 10.6. The maximum absolute atomic E-state index is 5.92. The van der Waals surface area contributed by atoms with Gasteiger partial charge in [0.25, 0.3) is 0 Å². The molecule has 1 aliphatic rings. The molecule has 0 bridgehead atoms. The number of hydrogen-bond acceptors (Lipinski definition) is 4. The van der Waals surface area contributed by atoms with Gasteiger partial charge in [0.1, 0.15) is 11.5 Å². The van der Waals surface area contributed by atoms with E-state index in [-0.39, 0.29) is 0 Å². The summed E-state index contributed by atoms with van der Waals surface area (Å²) < 4.78 is 5.92. The number of nitrogens with zero attached hydrogens (tertiary/aromatic N) is 3. The molecule has 4 nitrogen and oxygen atoms in total. The first kappa shape index (κ1) is 20.2. The van der Waals surface area contributed by atoms with E-state index in [4.69, 9.17) is 9.84 Å². The highest BCUT2D eigenvalue weighted by molar-refractivity contribution is 5.80. The molecule has 3 aromatic rings. The highest BCUT2D eigenvalue weighted by Crippen LogP contribution is 2.21. The topological polar surface area (TPSA) is 28.1 Å². The van der Waals surface area contributed by atoms with Crippen molar-refractivity contribution in [2.45, 2.75) is 20.4 Å². The van der Waals surface area contributed by atoms with Crippen LogP contribution in [-0.2, 0) is 6.54 Å². The van der Waals surface area contributed by atoms with Gasteiger partial charge >= 0.3 is 0 Å². The van der Waals surface area contributed by atoms with Crippen molar-refractivity contribution in [3.8, 4) is 11.5 Å². The van der Waals surface area contributed by atoms with Crippen molar-refractivity contribution >= 4 is 6.21 Å². The SMILES string of the molecule is Cc1ccc(CN2CCN(N=Cc3cccc(Oc4ccccc4)c3)CC2)c(C)c1. The third-order valence-corrected chi connectivity index (χ3v) is 5.45. The van der Waals surface area contributed by atoms with E-state index >= 15 is 0 Å². The van der Waals surface area contributed by atoms with E-state index in [9.17, 15) is 0 Å². The maximum Gasteiger partial charge on any atom is 0.128 e. The van der Waals surface area contributed by atoms with Crippen molar-refractivity contribution in [2.75, 3.05) is 26.2 Å². The number of ether oxygens (including phenoxy) is 1. The monoisotopic (exact) mass is 399 g/mol. The van der Waals surface area contributed by atoms with Gasteiger partial charge < -0.3 is 4.74 Å². The fourth-order valence-corrected chi connectivity index (χ4v) is 3.71. The summed E-state index contributed by atoms with van der Waals surface area (Å²) in [5.41, 5.74) is 5.18. The Hall–Kier alpha value is -3.11. The standard InChI is InChI=1S/C26H29N3O/c1-21-11-12-24(22(2)17-21)20-28-13-15-29(16-14-28)27-19-23-7-6-10-26(18-23)30-25-8-4-3-5-9-25/h3-12,17-19H,13-16,20H2,1-2H3. The molecule has 0 unspecified atom stereocenters. The molecule has 1 heterocycles. The van der Waals surface area contributed by atoms with Crippen LogP contribution >= 0.6 is 0 Å². The summed E-state index contributed by atoms with van der Waals surface area (Å²) in [5, 5.41) is 6.85. The first-order chi connectivity index (χ1) is 14.7. The number of para-hydroxylation sites is 1. The van der Waals surface area contributed by atoms with Gasteiger partial charge in [0.2, 0.25) is 0 Å². The highest BCUT2D eigenvalue weighted by Gasteiger charge is 2.16. The minimum Gasteiger partial charge on any atom is -0.457 e. The number of hydrazone groups is 1. The molecule has 1 fully saturated rings. The zero-order valence-electron chi connectivity index (χ0n) is 17.8. The Balaban J connectivity index is 1.30. The van der Waals surface area contributed by atoms with Crippen molar-refractivity contribution < 1.29 is 4.74 Å². The molecule has 0 spiro atoms. The Kier molecular flexibility index (Phi) is 6.45. The summed E-state index contributed by atoms with van der Waals surface area (Å²) in [4.78, 5) is 2.51. The van der Waals surface area contributed by atoms with Crippen LogP contribution < -0.4 is 4.74 Å². The predicted octanol–water partition coefficient (Wildman–Crippen LogP) is 5.25. The van der Waals surface area contributed by atoms with Gasteiger partial charge in [0, 0.05) is 32.7 Å². The van der Waals surface area contributed by atoms with Crippen LogP contribution in [0.25, 0.3) is 0 Å². The van der Waals surface area contributed by atoms with Crippen LogP contribution in [0.5, 0.6) is 11.5 Å². The van der Waals surface area contributed by atoms with Gasteiger partial charge in [-0.15, -0.1) is 0 Å². The summed E-state index contributed by atoms with van der Waals surface area (Å²) in [5.74, 6) is 1.66. The molecule has 4 rings (SSSR count). The van der Waals surface area contributed by atoms with Crippen molar-refractivity contribution in [3.05, 3.63) is 95.1 Å². The van der Waals surface area contributed by atoms with Crippen LogP contribution in [0.3, 0.4) is 0 Å². The zero-order chi connectivity index (χ0) is 20.8. The van der Waals surface area contributed by atoms with E-state index < -0.39 is 0 Å². The fraction of sp³-hybridized carbons (Fsp3) is 0.269. The smallest absolute Gasteiger partial charge is 0.128 e. The maximum atomic E-state index is 5.92. The number of rotatable bonds is 6. The third-order valence-electron chi connectivity index (χ3n) is 5.45. The Morgan fingerprint density at radius 3 is 2.37 bits per heavy atom. The molecular weight excluding hydrogens is 370 g/mol. The van der Waals surface area contributed by atoms with E-state index in [1.807, 2.05) is 54.7 Å². The van der Waals surface area contributed by atoms with Gasteiger partial charge in [-0.25, -0.2) is 0 Å². The first-order valence-electron chi connectivity index (χ1n) is 10.6. The van der Waals surface area contributed by atoms with E-state index in [1.54, 1.807) is 0 Å². The lowest BCUT2D eigenvalue weighted by Crippen LogP contribution is -2.43. The molecule has 154 valence electrons. The van der Waals surface area contributed by atoms with Gasteiger partial charge in [0.15, 0.2) is 0 Å². The average molecular weight is 400 g/mol. The Bertz CT molecular complexity index is 992. The molecule has 1 aliphatic heterocycles. The second-order valence-electron chi connectivity index (χ2n) is 7.89. The molecule has 0 radical (unpaired) electrons. The molecule has 0 atom stereocenters. The van der Waals surface area contributed by atoms with Crippen LogP contribution in [0.4, 0.5) is 0 Å². The molecule has 0 N–H and O–H groups in total. The molecule has 0 aliphatic carbocycles. The molecule has 0 aromatic heterocycles. The van der Waals surface area contributed by atoms with Gasteiger partial charge in [-0.1, -0.05) is 54.1 Å². The number of aryl methyl sites for hydroxylation is 2. The Labute approximate surface area is 179 Å². The molecule has 3 aromatic carbocycles. The second-order valence-corrected chi connectivity index (χ2v) is 7.89. The summed E-state index contributed by atoms with van der Waals surface area (Å²) in [6.07, 6.45) is 1.93. The lowest BCUT2D eigenvalue weighted by Gasteiger charge is -2.33. The lowest BCUT2D eigenvalue weighted by atomic mass is 10.1. The van der Waals surface area contributed by atoms with Crippen LogP contribution in [0.2, 0.25) is 0 Å². The van der Waals surface area contributed by atoms with Crippen LogP contribution in [0.15, 0.2) is 77.9 Å². The molecule has 0 amide bonds. The van der Waals surface area contributed by atoms with Gasteiger partial charge in [-0.2, -0.15) is 5.10 Å². The third kappa shape index (κ3) is 5.49. The van der Waals surface area contributed by atoms with E-state index in [0.717, 1.165) is 49.8 Å². The summed E-state index contributed by atoms with van der Waals surface area (Å²) in [7, 11) is 0. The zero-order valence-corrected chi connectivity index (χ0v) is 17.8. The van der Waals surface area contributed by atoms with Crippen molar-refractivity contribution in [3.63, 3.8) is 0 Å². The quantitative estimate of drug-likeness (QED) is 0.530. The summed E-state index contributed by atoms with van der Waals surface area (Å²) in [6, 6.07) is 24.6. The molecule has 30 heavy (non-hydrogen) atoms. The van der Waals surface area contributed by atoms with E-state index in [1.165, 1.54) is 16.7 Å². The van der Waals surface area contributed by atoms with Crippen molar-refractivity contribution in [1.29, 1.82) is 0 Å². The normalized spacial score (nSPS) is 14.9. The molecule has 0 saturated carbocycles. The lowest BCUT2D eigenvalue weighted by molar-refractivity contribution is 0.131. The largest absolute Gasteiger partial charge is 0.457 e. The summed E-state index contributed by atoms with van der Waals surface area (Å²) >= 11 is 0. The van der Waals surface area contributed by atoms with Crippen LogP contribution in [-0.4, -0.2) is 42.3 Å². The number of benzene rings is 3. The predicted molar refractivity (Wildman–Crippen MR) is 123 cm³/mol. The van der Waals surface area contributed by atoms with Gasteiger partial charge in [-0.3, -0.25) is 9.91 Å². The van der Waals surface area contributed by atoms with Crippen molar-refractivity contribution in [2.24, 2.45) is 5.10 Å². The Morgan fingerprint density at radius 1 is 0.833 bits per heavy atom. The second kappa shape index (κ2) is 9.59. The molecular formula is C26H29N3O. The number of piperazine rings is 1.